The first-order valence-electron chi connectivity index (χ1n) is 6.43. The van der Waals surface area contributed by atoms with E-state index in [0.717, 1.165) is 5.56 Å². The Hall–Kier alpha value is -2.11. The number of hydrogen-bond donors (Lipinski definition) is 1. The molecule has 1 atom stereocenters. The summed E-state index contributed by atoms with van der Waals surface area (Å²) in [5, 5.41) is 12.1. The van der Waals surface area contributed by atoms with Crippen molar-refractivity contribution in [3.05, 3.63) is 18.2 Å². The summed E-state index contributed by atoms with van der Waals surface area (Å²) in [6, 6.07) is 5.92. The van der Waals surface area contributed by atoms with Crippen molar-refractivity contribution >= 4 is 5.69 Å². The summed E-state index contributed by atoms with van der Waals surface area (Å²) in [5.41, 5.74) is 7.36. The van der Waals surface area contributed by atoms with E-state index >= 15 is 0 Å². The largest absolute Gasteiger partial charge is 0.494 e. The molecule has 2 N–H and O–H groups in total. The second-order valence-electron chi connectivity index (χ2n) is 4.95. The van der Waals surface area contributed by atoms with Gasteiger partial charge in [0.1, 0.15) is 0 Å². The SMILES string of the molecule is COc1c(N)cccc1-c1nnnn1C(C)C1CC1. The number of ether oxygens (including phenoxy) is 1. The first-order chi connectivity index (χ1) is 9.22. The van der Waals surface area contributed by atoms with Gasteiger partial charge in [-0.15, -0.1) is 5.10 Å². The predicted molar refractivity (Wildman–Crippen MR) is 71.7 cm³/mol. The van der Waals surface area contributed by atoms with Crippen molar-refractivity contribution in [3.63, 3.8) is 0 Å². The maximum absolute atomic E-state index is 5.93. The zero-order valence-corrected chi connectivity index (χ0v) is 11.1. The van der Waals surface area contributed by atoms with Crippen molar-refractivity contribution in [1.29, 1.82) is 0 Å². The Balaban J connectivity index is 2.07. The fourth-order valence-electron chi connectivity index (χ4n) is 2.38. The molecule has 1 fully saturated rings. The first-order valence-corrected chi connectivity index (χ1v) is 6.43. The Morgan fingerprint density at radius 1 is 1.42 bits per heavy atom. The Morgan fingerprint density at radius 3 is 2.89 bits per heavy atom. The molecule has 0 amide bonds. The molecule has 19 heavy (non-hydrogen) atoms. The number of nitrogens with two attached hydrogens (primary N) is 1. The van der Waals surface area contributed by atoms with E-state index in [4.69, 9.17) is 10.5 Å². The molecular weight excluding hydrogens is 242 g/mol. The van der Waals surface area contributed by atoms with Crippen molar-refractivity contribution in [2.45, 2.75) is 25.8 Å². The predicted octanol–water partition coefficient (Wildman–Crippen LogP) is 1.90. The lowest BCUT2D eigenvalue weighted by molar-refractivity contribution is 0.413. The average Bonchev–Trinajstić information content (AvgIpc) is 3.15. The van der Waals surface area contributed by atoms with Crippen LogP contribution in [-0.4, -0.2) is 27.3 Å². The molecule has 1 unspecified atom stereocenters. The van der Waals surface area contributed by atoms with Gasteiger partial charge >= 0.3 is 0 Å². The fraction of sp³-hybridized carbons (Fsp3) is 0.462. The second-order valence-corrected chi connectivity index (χ2v) is 4.95. The summed E-state index contributed by atoms with van der Waals surface area (Å²) in [6.45, 7) is 2.15. The normalized spacial score (nSPS) is 16.3. The van der Waals surface area contributed by atoms with Gasteiger partial charge in [0.15, 0.2) is 11.6 Å². The van der Waals surface area contributed by atoms with Crippen LogP contribution in [0.2, 0.25) is 0 Å². The van der Waals surface area contributed by atoms with Gasteiger partial charge in [0.25, 0.3) is 0 Å². The molecule has 0 spiro atoms. The first kappa shape index (κ1) is 12.0. The van der Waals surface area contributed by atoms with Crippen LogP contribution in [-0.2, 0) is 0 Å². The molecule has 1 saturated carbocycles. The van der Waals surface area contributed by atoms with Gasteiger partial charge in [-0.2, -0.15) is 0 Å². The summed E-state index contributed by atoms with van der Waals surface area (Å²) in [5.74, 6) is 2.01. The number of nitrogens with zero attached hydrogens (tertiary/aromatic N) is 4. The molecule has 1 heterocycles. The van der Waals surface area contributed by atoms with Crippen LogP contribution in [0.15, 0.2) is 18.2 Å². The zero-order valence-electron chi connectivity index (χ0n) is 11.1. The van der Waals surface area contributed by atoms with E-state index < -0.39 is 0 Å². The molecule has 0 bridgehead atoms. The smallest absolute Gasteiger partial charge is 0.186 e. The van der Waals surface area contributed by atoms with E-state index in [1.165, 1.54) is 12.8 Å². The minimum absolute atomic E-state index is 0.302. The number of benzene rings is 1. The van der Waals surface area contributed by atoms with Crippen LogP contribution in [0.5, 0.6) is 5.75 Å². The molecule has 1 aliphatic rings. The quantitative estimate of drug-likeness (QED) is 0.848. The van der Waals surface area contributed by atoms with Crippen LogP contribution in [0.25, 0.3) is 11.4 Å². The van der Waals surface area contributed by atoms with Crippen LogP contribution in [0.4, 0.5) is 5.69 Å². The molecule has 6 heteroatoms. The lowest BCUT2D eigenvalue weighted by atomic mass is 10.1. The monoisotopic (exact) mass is 259 g/mol. The number of tetrazole rings is 1. The standard InChI is InChI=1S/C13H17N5O/c1-8(9-6-7-9)18-13(15-16-17-18)10-4-3-5-11(14)12(10)19-2/h3-5,8-9H,6-7,14H2,1-2H3. The number of hydrogen-bond acceptors (Lipinski definition) is 5. The van der Waals surface area contributed by atoms with Gasteiger partial charge in [-0.05, 0) is 48.2 Å². The maximum Gasteiger partial charge on any atom is 0.186 e. The summed E-state index contributed by atoms with van der Waals surface area (Å²) >= 11 is 0. The summed E-state index contributed by atoms with van der Waals surface area (Å²) in [6.07, 6.45) is 2.49. The molecule has 3 rings (SSSR count). The minimum Gasteiger partial charge on any atom is -0.494 e. The topological polar surface area (TPSA) is 78.8 Å². The van der Waals surface area contributed by atoms with E-state index in [1.54, 1.807) is 13.2 Å². The van der Waals surface area contributed by atoms with Gasteiger partial charge in [0, 0.05) is 0 Å². The molecular formula is C13H17N5O. The summed E-state index contributed by atoms with van der Waals surface area (Å²) in [4.78, 5) is 0. The number of anilines is 1. The van der Waals surface area contributed by atoms with Crippen LogP contribution >= 0.6 is 0 Å². The van der Waals surface area contributed by atoms with E-state index in [0.29, 0.717) is 29.2 Å². The van der Waals surface area contributed by atoms with Gasteiger partial charge in [-0.1, -0.05) is 6.07 Å². The van der Waals surface area contributed by atoms with Crippen molar-refractivity contribution < 1.29 is 4.74 Å². The maximum atomic E-state index is 5.93. The molecule has 0 saturated heterocycles. The van der Waals surface area contributed by atoms with Crippen molar-refractivity contribution in [1.82, 2.24) is 20.2 Å². The molecule has 1 aromatic heterocycles. The number of para-hydroxylation sites is 1. The highest BCUT2D eigenvalue weighted by molar-refractivity contribution is 5.73. The minimum atomic E-state index is 0.302. The van der Waals surface area contributed by atoms with E-state index in [1.807, 2.05) is 16.8 Å². The van der Waals surface area contributed by atoms with Crippen molar-refractivity contribution in [2.75, 3.05) is 12.8 Å². The average molecular weight is 259 g/mol. The Bertz CT molecular complexity index is 590. The molecule has 0 aliphatic heterocycles. The second kappa shape index (κ2) is 4.53. The van der Waals surface area contributed by atoms with Crippen LogP contribution < -0.4 is 10.5 Å². The van der Waals surface area contributed by atoms with Gasteiger partial charge in [-0.3, -0.25) is 0 Å². The van der Waals surface area contributed by atoms with E-state index in [9.17, 15) is 0 Å². The zero-order chi connectivity index (χ0) is 13.4. The van der Waals surface area contributed by atoms with Crippen molar-refractivity contribution in [3.8, 4) is 17.1 Å². The Labute approximate surface area is 111 Å². The van der Waals surface area contributed by atoms with Crippen LogP contribution in [0.3, 0.4) is 0 Å². The third-order valence-corrected chi connectivity index (χ3v) is 3.67. The lowest BCUT2D eigenvalue weighted by Crippen LogP contribution is -2.11. The molecule has 2 aromatic rings. The molecule has 1 aromatic carbocycles. The fourth-order valence-corrected chi connectivity index (χ4v) is 2.38. The highest BCUT2D eigenvalue weighted by Crippen LogP contribution is 2.41. The van der Waals surface area contributed by atoms with Crippen LogP contribution in [0, 0.1) is 5.92 Å². The Morgan fingerprint density at radius 2 is 2.21 bits per heavy atom. The van der Waals surface area contributed by atoms with E-state index in [-0.39, 0.29) is 0 Å². The van der Waals surface area contributed by atoms with Gasteiger partial charge < -0.3 is 10.5 Å². The molecule has 0 radical (unpaired) electrons. The Kier molecular flexibility index (Phi) is 2.85. The van der Waals surface area contributed by atoms with Gasteiger partial charge in [0.05, 0.1) is 24.4 Å². The summed E-state index contributed by atoms with van der Waals surface area (Å²) < 4.78 is 7.25. The number of nitrogen functional groups attached to an aromatic ring is 1. The molecule has 6 nitrogen and oxygen atoms in total. The third-order valence-electron chi connectivity index (χ3n) is 3.67. The van der Waals surface area contributed by atoms with Gasteiger partial charge in [0.2, 0.25) is 0 Å². The van der Waals surface area contributed by atoms with Crippen LogP contribution in [0.1, 0.15) is 25.8 Å². The molecule has 100 valence electrons. The van der Waals surface area contributed by atoms with Crippen molar-refractivity contribution in [2.24, 2.45) is 5.92 Å². The number of aromatic nitrogens is 4. The lowest BCUT2D eigenvalue weighted by Gasteiger charge is -2.14. The highest BCUT2D eigenvalue weighted by atomic mass is 16.5. The number of rotatable bonds is 4. The van der Waals surface area contributed by atoms with E-state index in [2.05, 4.69) is 22.4 Å². The van der Waals surface area contributed by atoms with Gasteiger partial charge in [-0.25, -0.2) is 4.68 Å². The highest BCUT2D eigenvalue weighted by Gasteiger charge is 2.32. The molecule has 1 aliphatic carbocycles. The third kappa shape index (κ3) is 2.03. The summed E-state index contributed by atoms with van der Waals surface area (Å²) in [7, 11) is 1.60. The number of methoxy groups -OCH3 is 1.